The largest absolute Gasteiger partial charge is 0.326 e. The van der Waals surface area contributed by atoms with E-state index in [0.29, 0.717) is 12.2 Å². The first-order valence-electron chi connectivity index (χ1n) is 6.17. The zero-order valence-corrected chi connectivity index (χ0v) is 11.3. The van der Waals surface area contributed by atoms with Crippen LogP contribution in [-0.2, 0) is 6.54 Å². The summed E-state index contributed by atoms with van der Waals surface area (Å²) in [5, 5.41) is 0. The van der Waals surface area contributed by atoms with Crippen molar-refractivity contribution in [1.82, 2.24) is 14.3 Å². The van der Waals surface area contributed by atoms with Crippen LogP contribution in [0.5, 0.6) is 0 Å². The fourth-order valence-corrected chi connectivity index (χ4v) is 2.42. The van der Waals surface area contributed by atoms with E-state index in [-0.39, 0.29) is 24.0 Å². The Kier molecular flexibility index (Phi) is 4.19. The summed E-state index contributed by atoms with van der Waals surface area (Å²) in [6.07, 6.45) is 2.76. The van der Waals surface area contributed by atoms with E-state index >= 15 is 0 Å². The highest BCUT2D eigenvalue weighted by atomic mass is 35.5. The van der Waals surface area contributed by atoms with Crippen LogP contribution < -0.4 is 11.3 Å². The quantitative estimate of drug-likeness (QED) is 0.877. The lowest BCUT2D eigenvalue weighted by molar-refractivity contribution is 0.323. The molecule has 2 aromatic rings. The molecule has 2 aromatic heterocycles. The fourth-order valence-electron chi connectivity index (χ4n) is 2.42. The van der Waals surface area contributed by atoms with Gasteiger partial charge in [-0.3, -0.25) is 14.1 Å². The average Bonchev–Trinajstić information content (AvgIpc) is 2.75. The topological polar surface area (TPSA) is 63.6 Å². The minimum atomic E-state index is -0.0286. The van der Waals surface area contributed by atoms with Crippen molar-refractivity contribution in [1.29, 1.82) is 0 Å². The molecule has 0 aliphatic carbocycles. The molecule has 2 N–H and O–H groups in total. The number of hydrogen-bond acceptors (Lipinski definition) is 4. The van der Waals surface area contributed by atoms with Crippen molar-refractivity contribution in [3.63, 3.8) is 0 Å². The Morgan fingerprint density at radius 1 is 1.42 bits per heavy atom. The molecule has 1 aliphatic heterocycles. The third-order valence-corrected chi connectivity index (χ3v) is 3.32. The summed E-state index contributed by atoms with van der Waals surface area (Å²) in [5.74, 6) is 0. The van der Waals surface area contributed by atoms with E-state index in [0.717, 1.165) is 25.2 Å². The maximum absolute atomic E-state index is 11.9. The van der Waals surface area contributed by atoms with Crippen molar-refractivity contribution in [2.24, 2.45) is 5.73 Å². The highest BCUT2D eigenvalue weighted by Gasteiger charge is 2.19. The standard InChI is InChI=1S/C13H16N4O.ClH/c14-10-4-6-16(8-10)9-11-7-13(18)17-5-2-1-3-12(17)15-11;/h1-3,5,7,10H,4,6,8-9,14H2;1H/t10-;/m0./s1. The first kappa shape index (κ1) is 14.0. The Morgan fingerprint density at radius 3 is 3.00 bits per heavy atom. The molecule has 3 heterocycles. The molecule has 5 nitrogen and oxygen atoms in total. The molecule has 1 fully saturated rings. The van der Waals surface area contributed by atoms with Gasteiger partial charge in [-0.1, -0.05) is 6.07 Å². The number of rotatable bonds is 2. The van der Waals surface area contributed by atoms with E-state index in [1.807, 2.05) is 18.2 Å². The Labute approximate surface area is 117 Å². The van der Waals surface area contributed by atoms with Gasteiger partial charge in [-0.15, -0.1) is 12.4 Å². The molecule has 0 unspecified atom stereocenters. The first-order chi connectivity index (χ1) is 8.72. The molecular formula is C13H17ClN4O. The van der Waals surface area contributed by atoms with E-state index < -0.39 is 0 Å². The average molecular weight is 281 g/mol. The second-order valence-corrected chi connectivity index (χ2v) is 4.80. The molecule has 0 radical (unpaired) electrons. The second-order valence-electron chi connectivity index (χ2n) is 4.80. The fraction of sp³-hybridized carbons (Fsp3) is 0.385. The third kappa shape index (κ3) is 2.94. The van der Waals surface area contributed by atoms with Crippen molar-refractivity contribution in [3.05, 3.63) is 46.5 Å². The van der Waals surface area contributed by atoms with Crippen molar-refractivity contribution < 1.29 is 0 Å². The number of pyridine rings is 1. The van der Waals surface area contributed by atoms with Gasteiger partial charge in [0.15, 0.2) is 0 Å². The van der Waals surface area contributed by atoms with Crippen LogP contribution in [0.15, 0.2) is 35.3 Å². The summed E-state index contributed by atoms with van der Waals surface area (Å²) in [5.41, 5.74) is 7.36. The molecule has 0 spiro atoms. The smallest absolute Gasteiger partial charge is 0.258 e. The van der Waals surface area contributed by atoms with Gasteiger partial charge in [-0.05, 0) is 18.6 Å². The molecule has 102 valence electrons. The molecule has 1 saturated heterocycles. The number of halogens is 1. The van der Waals surface area contributed by atoms with Crippen LogP contribution in [0.4, 0.5) is 0 Å². The first-order valence-corrected chi connectivity index (χ1v) is 6.17. The molecule has 0 aromatic carbocycles. The maximum atomic E-state index is 11.9. The predicted molar refractivity (Wildman–Crippen MR) is 76.6 cm³/mol. The second kappa shape index (κ2) is 5.69. The minimum Gasteiger partial charge on any atom is -0.326 e. The Balaban J connectivity index is 0.00000133. The normalized spacial score (nSPS) is 19.5. The van der Waals surface area contributed by atoms with E-state index in [9.17, 15) is 4.79 Å². The van der Waals surface area contributed by atoms with Crippen molar-refractivity contribution in [2.75, 3.05) is 13.1 Å². The van der Waals surface area contributed by atoms with E-state index in [1.54, 1.807) is 16.7 Å². The predicted octanol–water partition coefficient (Wildman–Crippen LogP) is 0.649. The summed E-state index contributed by atoms with van der Waals surface area (Å²) in [6.45, 7) is 2.57. The molecule has 0 bridgehead atoms. The van der Waals surface area contributed by atoms with Crippen LogP contribution in [0.2, 0.25) is 0 Å². The Morgan fingerprint density at radius 2 is 2.26 bits per heavy atom. The molecule has 1 aliphatic rings. The summed E-state index contributed by atoms with van der Waals surface area (Å²) < 4.78 is 1.55. The van der Waals surface area contributed by atoms with Gasteiger partial charge in [-0.2, -0.15) is 0 Å². The molecular weight excluding hydrogens is 264 g/mol. The van der Waals surface area contributed by atoms with Gasteiger partial charge in [0, 0.05) is 37.9 Å². The number of likely N-dealkylation sites (tertiary alicyclic amines) is 1. The van der Waals surface area contributed by atoms with E-state index in [2.05, 4.69) is 9.88 Å². The van der Waals surface area contributed by atoms with Gasteiger partial charge < -0.3 is 5.73 Å². The highest BCUT2D eigenvalue weighted by molar-refractivity contribution is 5.85. The molecule has 0 amide bonds. The van der Waals surface area contributed by atoms with Crippen LogP contribution in [0.3, 0.4) is 0 Å². The van der Waals surface area contributed by atoms with Gasteiger partial charge in [-0.25, -0.2) is 4.98 Å². The zero-order chi connectivity index (χ0) is 12.5. The highest BCUT2D eigenvalue weighted by Crippen LogP contribution is 2.10. The number of hydrogen-bond donors (Lipinski definition) is 1. The van der Waals surface area contributed by atoms with Crippen LogP contribution in [0.1, 0.15) is 12.1 Å². The maximum Gasteiger partial charge on any atom is 0.258 e. The summed E-state index contributed by atoms with van der Waals surface area (Å²) >= 11 is 0. The zero-order valence-electron chi connectivity index (χ0n) is 10.5. The van der Waals surface area contributed by atoms with Gasteiger partial charge in [0.1, 0.15) is 5.65 Å². The number of fused-ring (bicyclic) bond motifs is 1. The Bertz CT molecular complexity index is 627. The van der Waals surface area contributed by atoms with Crippen LogP contribution >= 0.6 is 12.4 Å². The van der Waals surface area contributed by atoms with Crippen molar-refractivity contribution in [3.8, 4) is 0 Å². The molecule has 1 atom stereocenters. The van der Waals surface area contributed by atoms with Crippen LogP contribution in [0, 0.1) is 0 Å². The van der Waals surface area contributed by atoms with Gasteiger partial charge in [0.25, 0.3) is 5.56 Å². The third-order valence-electron chi connectivity index (χ3n) is 3.32. The minimum absolute atomic E-state index is 0. The summed E-state index contributed by atoms with van der Waals surface area (Å²) in [7, 11) is 0. The lowest BCUT2D eigenvalue weighted by Crippen LogP contribution is -2.27. The molecule has 0 saturated carbocycles. The number of aromatic nitrogens is 2. The SMILES string of the molecule is Cl.N[C@H]1CCN(Cc2cc(=O)n3ccccc3n2)C1. The van der Waals surface area contributed by atoms with Gasteiger partial charge in [0.2, 0.25) is 0 Å². The van der Waals surface area contributed by atoms with Crippen LogP contribution in [0.25, 0.3) is 5.65 Å². The lowest BCUT2D eigenvalue weighted by Gasteiger charge is -2.14. The van der Waals surface area contributed by atoms with Crippen molar-refractivity contribution in [2.45, 2.75) is 19.0 Å². The van der Waals surface area contributed by atoms with E-state index in [1.165, 1.54) is 0 Å². The van der Waals surface area contributed by atoms with Crippen molar-refractivity contribution >= 4 is 18.1 Å². The van der Waals surface area contributed by atoms with E-state index in [4.69, 9.17) is 5.73 Å². The monoisotopic (exact) mass is 280 g/mol. The molecule has 19 heavy (non-hydrogen) atoms. The summed E-state index contributed by atoms with van der Waals surface area (Å²) in [4.78, 5) is 18.7. The number of nitrogens with two attached hydrogens (primary N) is 1. The Hall–Kier alpha value is -1.43. The van der Waals surface area contributed by atoms with Crippen LogP contribution in [-0.4, -0.2) is 33.4 Å². The number of nitrogens with zero attached hydrogens (tertiary/aromatic N) is 3. The molecule has 6 heteroatoms. The van der Waals surface area contributed by atoms with Gasteiger partial charge in [0.05, 0.1) is 5.69 Å². The summed E-state index contributed by atoms with van der Waals surface area (Å²) in [6, 6.07) is 7.43. The van der Waals surface area contributed by atoms with Gasteiger partial charge >= 0.3 is 0 Å². The molecule has 3 rings (SSSR count). The lowest BCUT2D eigenvalue weighted by atomic mass is 10.3.